The molecular formula is C8H11FN2S. The fourth-order valence-electron chi connectivity index (χ4n) is 1.36. The van der Waals surface area contributed by atoms with Crippen LogP contribution in [0.2, 0.25) is 0 Å². The van der Waals surface area contributed by atoms with Crippen molar-refractivity contribution in [3.05, 3.63) is 16.6 Å². The van der Waals surface area contributed by atoms with Crippen molar-refractivity contribution in [2.24, 2.45) is 11.1 Å². The lowest BCUT2D eigenvalue weighted by atomic mass is 9.97. The topological polar surface area (TPSA) is 38.9 Å². The molecule has 0 amide bonds. The van der Waals surface area contributed by atoms with Gasteiger partial charge in [0.05, 0.1) is 17.2 Å². The van der Waals surface area contributed by atoms with E-state index < -0.39 is 6.17 Å². The van der Waals surface area contributed by atoms with Crippen molar-refractivity contribution in [3.8, 4) is 0 Å². The average Bonchev–Trinajstić information content (AvgIpc) is 2.59. The standard InChI is InChI=1S/C8H11FN2S/c1-8(2-6(8)9)7(10)5-3-12-4-11-5/h3-4,6-7H,2,10H2,1H3. The number of thiazole rings is 1. The van der Waals surface area contributed by atoms with Crippen LogP contribution in [0.3, 0.4) is 0 Å². The molecule has 1 heterocycles. The molecule has 1 fully saturated rings. The molecule has 3 atom stereocenters. The highest BCUT2D eigenvalue weighted by Crippen LogP contribution is 2.55. The van der Waals surface area contributed by atoms with Crippen LogP contribution in [0.1, 0.15) is 25.1 Å². The van der Waals surface area contributed by atoms with E-state index in [4.69, 9.17) is 5.73 Å². The van der Waals surface area contributed by atoms with Gasteiger partial charge in [-0.2, -0.15) is 0 Å². The summed E-state index contributed by atoms with van der Waals surface area (Å²) >= 11 is 1.50. The molecule has 0 aromatic carbocycles. The Morgan fingerprint density at radius 1 is 1.92 bits per heavy atom. The highest BCUT2D eigenvalue weighted by molar-refractivity contribution is 7.07. The van der Waals surface area contributed by atoms with Crippen molar-refractivity contribution in [2.45, 2.75) is 25.6 Å². The molecule has 3 unspecified atom stereocenters. The molecule has 12 heavy (non-hydrogen) atoms. The van der Waals surface area contributed by atoms with Gasteiger partial charge < -0.3 is 5.73 Å². The Balaban J connectivity index is 2.17. The molecule has 1 saturated carbocycles. The fraction of sp³-hybridized carbons (Fsp3) is 0.625. The van der Waals surface area contributed by atoms with Gasteiger partial charge in [0, 0.05) is 10.8 Å². The minimum absolute atomic E-state index is 0.237. The molecule has 0 spiro atoms. The summed E-state index contributed by atoms with van der Waals surface area (Å²) in [7, 11) is 0. The van der Waals surface area contributed by atoms with Crippen molar-refractivity contribution in [2.75, 3.05) is 0 Å². The maximum atomic E-state index is 12.9. The third kappa shape index (κ3) is 1.06. The van der Waals surface area contributed by atoms with Gasteiger partial charge in [-0.25, -0.2) is 9.37 Å². The van der Waals surface area contributed by atoms with E-state index in [2.05, 4.69) is 4.98 Å². The van der Waals surface area contributed by atoms with E-state index in [9.17, 15) is 4.39 Å². The Labute approximate surface area is 74.6 Å². The Hall–Kier alpha value is -0.480. The van der Waals surface area contributed by atoms with Crippen LogP contribution in [-0.2, 0) is 0 Å². The number of rotatable bonds is 2. The van der Waals surface area contributed by atoms with Crippen molar-refractivity contribution in [3.63, 3.8) is 0 Å². The molecule has 1 aromatic heterocycles. The first kappa shape index (κ1) is 8.13. The molecule has 1 aliphatic carbocycles. The molecule has 1 aliphatic rings. The van der Waals surface area contributed by atoms with E-state index in [1.807, 2.05) is 12.3 Å². The maximum absolute atomic E-state index is 12.9. The first-order valence-corrected chi connectivity index (χ1v) is 4.86. The van der Waals surface area contributed by atoms with Gasteiger partial charge in [0.2, 0.25) is 0 Å². The third-order valence-corrected chi connectivity index (χ3v) is 3.26. The molecule has 2 rings (SSSR count). The second-order valence-electron chi connectivity index (χ2n) is 3.57. The summed E-state index contributed by atoms with van der Waals surface area (Å²) in [4.78, 5) is 4.08. The van der Waals surface area contributed by atoms with E-state index in [1.54, 1.807) is 5.51 Å². The average molecular weight is 186 g/mol. The summed E-state index contributed by atoms with van der Waals surface area (Å²) in [6, 6.07) is -0.237. The monoisotopic (exact) mass is 186 g/mol. The normalized spacial score (nSPS) is 36.4. The zero-order valence-electron chi connectivity index (χ0n) is 6.83. The Morgan fingerprint density at radius 3 is 3.00 bits per heavy atom. The highest BCUT2D eigenvalue weighted by Gasteiger charge is 2.56. The van der Waals surface area contributed by atoms with Crippen LogP contribution in [0.25, 0.3) is 0 Å². The van der Waals surface area contributed by atoms with Crippen molar-refractivity contribution in [1.82, 2.24) is 4.98 Å². The molecule has 0 aliphatic heterocycles. The minimum atomic E-state index is -0.741. The van der Waals surface area contributed by atoms with Gasteiger partial charge in [-0.15, -0.1) is 11.3 Å². The van der Waals surface area contributed by atoms with E-state index in [0.29, 0.717) is 6.42 Å². The maximum Gasteiger partial charge on any atom is 0.108 e. The van der Waals surface area contributed by atoms with Gasteiger partial charge >= 0.3 is 0 Å². The summed E-state index contributed by atoms with van der Waals surface area (Å²) in [5, 5.41) is 1.89. The number of hydrogen-bond acceptors (Lipinski definition) is 3. The second-order valence-corrected chi connectivity index (χ2v) is 4.29. The van der Waals surface area contributed by atoms with Gasteiger partial charge in [-0.05, 0) is 6.42 Å². The SMILES string of the molecule is CC1(C(N)c2cscn2)CC1F. The summed E-state index contributed by atoms with van der Waals surface area (Å²) in [5.74, 6) is 0. The van der Waals surface area contributed by atoms with Crippen LogP contribution in [0.4, 0.5) is 4.39 Å². The lowest BCUT2D eigenvalue weighted by Crippen LogP contribution is -2.22. The summed E-state index contributed by atoms with van der Waals surface area (Å²) < 4.78 is 12.9. The summed E-state index contributed by atoms with van der Waals surface area (Å²) in [5.41, 5.74) is 8.07. The van der Waals surface area contributed by atoms with Crippen molar-refractivity contribution >= 4 is 11.3 Å². The predicted octanol–water partition coefficient (Wildman–Crippen LogP) is 1.89. The molecule has 4 heteroatoms. The number of nitrogens with two attached hydrogens (primary N) is 1. The van der Waals surface area contributed by atoms with Crippen LogP contribution in [0.15, 0.2) is 10.9 Å². The van der Waals surface area contributed by atoms with E-state index >= 15 is 0 Å². The molecule has 2 nitrogen and oxygen atoms in total. The van der Waals surface area contributed by atoms with Gasteiger partial charge in [0.15, 0.2) is 0 Å². The zero-order valence-corrected chi connectivity index (χ0v) is 7.64. The lowest BCUT2D eigenvalue weighted by molar-refractivity contribution is 0.329. The van der Waals surface area contributed by atoms with Crippen molar-refractivity contribution in [1.29, 1.82) is 0 Å². The van der Waals surface area contributed by atoms with Crippen LogP contribution in [0.5, 0.6) is 0 Å². The van der Waals surface area contributed by atoms with Crippen LogP contribution in [0, 0.1) is 5.41 Å². The van der Waals surface area contributed by atoms with Gasteiger partial charge in [-0.3, -0.25) is 0 Å². The van der Waals surface area contributed by atoms with Gasteiger partial charge in [0.25, 0.3) is 0 Å². The Bertz CT molecular complexity index is 275. The largest absolute Gasteiger partial charge is 0.322 e. The number of nitrogens with zero attached hydrogens (tertiary/aromatic N) is 1. The fourth-order valence-corrected chi connectivity index (χ4v) is 1.95. The summed E-state index contributed by atoms with van der Waals surface area (Å²) in [6.07, 6.45) is -0.166. The van der Waals surface area contributed by atoms with Crippen LogP contribution in [-0.4, -0.2) is 11.2 Å². The van der Waals surface area contributed by atoms with Gasteiger partial charge in [-0.1, -0.05) is 6.92 Å². The summed E-state index contributed by atoms with van der Waals surface area (Å²) in [6.45, 7) is 1.88. The predicted molar refractivity (Wildman–Crippen MR) is 46.7 cm³/mol. The molecule has 0 bridgehead atoms. The second kappa shape index (κ2) is 2.50. The first-order chi connectivity index (χ1) is 5.64. The number of alkyl halides is 1. The molecule has 1 aromatic rings. The van der Waals surface area contributed by atoms with Crippen LogP contribution >= 0.6 is 11.3 Å². The number of aromatic nitrogens is 1. The molecule has 0 radical (unpaired) electrons. The molecular weight excluding hydrogens is 175 g/mol. The molecule has 0 saturated heterocycles. The zero-order chi connectivity index (χ0) is 8.77. The van der Waals surface area contributed by atoms with E-state index in [-0.39, 0.29) is 11.5 Å². The minimum Gasteiger partial charge on any atom is -0.322 e. The van der Waals surface area contributed by atoms with Gasteiger partial charge in [0.1, 0.15) is 6.17 Å². The molecule has 66 valence electrons. The Morgan fingerprint density at radius 2 is 2.58 bits per heavy atom. The quantitative estimate of drug-likeness (QED) is 0.766. The third-order valence-electron chi connectivity index (χ3n) is 2.66. The smallest absolute Gasteiger partial charge is 0.108 e. The highest BCUT2D eigenvalue weighted by atomic mass is 32.1. The number of halogens is 1. The Kier molecular flexibility index (Phi) is 1.70. The van der Waals surface area contributed by atoms with Crippen molar-refractivity contribution < 1.29 is 4.39 Å². The first-order valence-electron chi connectivity index (χ1n) is 3.92. The van der Waals surface area contributed by atoms with Crippen LogP contribution < -0.4 is 5.73 Å². The molecule has 2 N–H and O–H groups in total. The van der Waals surface area contributed by atoms with E-state index in [0.717, 1.165) is 5.69 Å². The van der Waals surface area contributed by atoms with E-state index in [1.165, 1.54) is 11.3 Å². The number of hydrogen-bond donors (Lipinski definition) is 1. The lowest BCUT2D eigenvalue weighted by Gasteiger charge is -2.15.